The van der Waals surface area contributed by atoms with Crippen LogP contribution in [0, 0.1) is 11.3 Å². The first kappa shape index (κ1) is 25.5. The molecule has 2 aromatic rings. The molecular weight excluding hydrogens is 402 g/mol. The number of rotatable bonds is 7. The molecular formula is C31H45NO. The van der Waals surface area contributed by atoms with E-state index >= 15 is 0 Å². The summed E-state index contributed by atoms with van der Waals surface area (Å²) in [4.78, 5) is 5.26. The van der Waals surface area contributed by atoms with Gasteiger partial charge in [-0.2, -0.15) is 0 Å². The summed E-state index contributed by atoms with van der Waals surface area (Å²) in [6, 6.07) is 15.7. The molecule has 2 heteroatoms. The van der Waals surface area contributed by atoms with Crippen LogP contribution in [0.2, 0.25) is 0 Å². The number of benzene rings is 2. The zero-order chi connectivity index (χ0) is 24.5. The Morgan fingerprint density at radius 3 is 1.82 bits per heavy atom. The molecule has 0 N–H and O–H groups in total. The van der Waals surface area contributed by atoms with Crippen molar-refractivity contribution in [3.63, 3.8) is 0 Å². The van der Waals surface area contributed by atoms with Crippen LogP contribution >= 0.6 is 0 Å². The topological polar surface area (TPSA) is 21.6 Å². The van der Waals surface area contributed by atoms with Gasteiger partial charge < -0.3 is 4.74 Å². The predicted molar refractivity (Wildman–Crippen MR) is 143 cm³/mol. The summed E-state index contributed by atoms with van der Waals surface area (Å²) >= 11 is 0. The Labute approximate surface area is 202 Å². The lowest BCUT2D eigenvalue weighted by Gasteiger charge is -2.30. The largest absolute Gasteiger partial charge is 0.470 e. The van der Waals surface area contributed by atoms with Gasteiger partial charge in [0, 0.05) is 11.5 Å². The molecule has 0 unspecified atom stereocenters. The molecule has 3 rings (SSSR count). The van der Waals surface area contributed by atoms with E-state index in [4.69, 9.17) is 9.73 Å². The summed E-state index contributed by atoms with van der Waals surface area (Å²) in [7, 11) is 0. The molecule has 1 heterocycles. The molecule has 2 aromatic carbocycles. The Morgan fingerprint density at radius 1 is 0.818 bits per heavy atom. The molecule has 0 spiro atoms. The Morgan fingerprint density at radius 2 is 1.36 bits per heavy atom. The molecule has 0 aliphatic carbocycles. The molecule has 33 heavy (non-hydrogen) atoms. The van der Waals surface area contributed by atoms with Gasteiger partial charge >= 0.3 is 0 Å². The van der Waals surface area contributed by atoms with Gasteiger partial charge in [0.15, 0.2) is 5.90 Å². The van der Waals surface area contributed by atoms with E-state index in [1.165, 1.54) is 27.8 Å². The first-order chi connectivity index (χ1) is 15.4. The van der Waals surface area contributed by atoms with Crippen LogP contribution in [0.4, 0.5) is 0 Å². The Hall–Kier alpha value is -2.09. The third kappa shape index (κ3) is 5.70. The maximum absolute atomic E-state index is 6.85. The van der Waals surface area contributed by atoms with Crippen molar-refractivity contribution in [1.29, 1.82) is 0 Å². The van der Waals surface area contributed by atoms with Crippen LogP contribution in [-0.2, 0) is 11.2 Å². The lowest BCUT2D eigenvalue weighted by Crippen LogP contribution is -2.27. The van der Waals surface area contributed by atoms with Crippen molar-refractivity contribution in [2.24, 2.45) is 16.3 Å². The molecule has 0 radical (unpaired) electrons. The van der Waals surface area contributed by atoms with Crippen molar-refractivity contribution in [1.82, 2.24) is 0 Å². The average Bonchev–Trinajstić information content (AvgIpc) is 3.15. The summed E-state index contributed by atoms with van der Waals surface area (Å²) in [5.41, 5.74) is 7.08. The van der Waals surface area contributed by atoms with Crippen LogP contribution in [0.25, 0.3) is 0 Å². The highest BCUT2D eigenvalue weighted by molar-refractivity contribution is 5.81. The van der Waals surface area contributed by atoms with Crippen molar-refractivity contribution in [2.45, 2.75) is 106 Å². The number of aliphatic imine (C=N–C) groups is 1. The number of ether oxygens (including phenoxy) is 1. The highest BCUT2D eigenvalue weighted by atomic mass is 16.5. The SMILES string of the molecule is CC(C)c1cc(C(C)C)c([C@@H]2OC([C@@H](C)C(C)(C)C)=N[C@H]2Cc2ccccc2)c(C(C)C)c1. The zero-order valence-corrected chi connectivity index (χ0v) is 22.6. The monoisotopic (exact) mass is 447 g/mol. The quantitative estimate of drug-likeness (QED) is 0.415. The van der Waals surface area contributed by atoms with E-state index in [-0.39, 0.29) is 23.5 Å². The maximum atomic E-state index is 6.85. The number of nitrogens with zero attached hydrogens (tertiary/aromatic N) is 1. The van der Waals surface area contributed by atoms with E-state index in [1.807, 2.05) is 0 Å². The standard InChI is InChI=1S/C31H45NO/c1-19(2)24-17-25(20(3)4)28(26(18-24)21(5)6)29-27(16-23-14-12-11-13-15-23)32-30(33-29)22(7)31(8,9)10/h11-15,17-22,27,29H,16H2,1-10H3/t22-,27+,29-/m1/s1. The first-order valence-corrected chi connectivity index (χ1v) is 12.9. The van der Waals surface area contributed by atoms with Crippen LogP contribution in [0.3, 0.4) is 0 Å². The summed E-state index contributed by atoms with van der Waals surface area (Å²) in [5, 5.41) is 0. The van der Waals surface area contributed by atoms with Gasteiger partial charge in [0.25, 0.3) is 0 Å². The van der Waals surface area contributed by atoms with Crippen LogP contribution in [0.5, 0.6) is 0 Å². The third-order valence-corrected chi connectivity index (χ3v) is 7.31. The molecule has 1 aliphatic rings. The minimum atomic E-state index is -0.0407. The van der Waals surface area contributed by atoms with Crippen molar-refractivity contribution in [3.8, 4) is 0 Å². The lowest BCUT2D eigenvalue weighted by molar-refractivity contribution is 0.166. The van der Waals surface area contributed by atoms with E-state index in [1.54, 1.807) is 0 Å². The minimum absolute atomic E-state index is 0.0407. The van der Waals surface area contributed by atoms with Crippen LogP contribution < -0.4 is 0 Å². The molecule has 180 valence electrons. The minimum Gasteiger partial charge on any atom is -0.470 e. The fourth-order valence-electron chi connectivity index (χ4n) is 4.65. The lowest BCUT2D eigenvalue weighted by atomic mass is 9.80. The Balaban J connectivity index is 2.15. The van der Waals surface area contributed by atoms with Gasteiger partial charge in [0.05, 0.1) is 6.04 Å². The molecule has 0 bridgehead atoms. The van der Waals surface area contributed by atoms with Crippen LogP contribution in [0.1, 0.15) is 121 Å². The molecule has 1 aliphatic heterocycles. The van der Waals surface area contributed by atoms with E-state index in [0.717, 1.165) is 12.3 Å². The maximum Gasteiger partial charge on any atom is 0.187 e. The number of hydrogen-bond donors (Lipinski definition) is 0. The second-order valence-electron chi connectivity index (χ2n) is 11.9. The van der Waals surface area contributed by atoms with Gasteiger partial charge in [0.2, 0.25) is 0 Å². The molecule has 2 nitrogen and oxygen atoms in total. The summed E-state index contributed by atoms with van der Waals surface area (Å²) in [6.45, 7) is 22.9. The molecule has 0 aromatic heterocycles. The van der Waals surface area contributed by atoms with Gasteiger partial charge in [0.1, 0.15) is 6.10 Å². The Bertz CT molecular complexity index is 933. The normalized spacial score (nSPS) is 19.8. The van der Waals surface area contributed by atoms with Gasteiger partial charge in [-0.3, -0.25) is 0 Å². The van der Waals surface area contributed by atoms with E-state index < -0.39 is 0 Å². The van der Waals surface area contributed by atoms with E-state index in [0.29, 0.717) is 17.8 Å². The molecule has 0 saturated carbocycles. The molecule has 0 amide bonds. The van der Waals surface area contributed by atoms with Gasteiger partial charge in [-0.05, 0) is 51.8 Å². The highest BCUT2D eigenvalue weighted by Gasteiger charge is 2.40. The summed E-state index contributed by atoms with van der Waals surface area (Å²) in [6.07, 6.45) is 0.855. The zero-order valence-electron chi connectivity index (χ0n) is 22.6. The van der Waals surface area contributed by atoms with Gasteiger partial charge in [-0.15, -0.1) is 0 Å². The van der Waals surface area contributed by atoms with Gasteiger partial charge in [-0.1, -0.05) is 112 Å². The number of hydrogen-bond acceptors (Lipinski definition) is 2. The highest BCUT2D eigenvalue weighted by Crippen LogP contribution is 2.43. The second kappa shape index (κ2) is 10.0. The van der Waals surface area contributed by atoms with E-state index in [9.17, 15) is 0 Å². The fraction of sp³-hybridized carbons (Fsp3) is 0.581. The Kier molecular flexibility index (Phi) is 7.76. The van der Waals surface area contributed by atoms with Crippen molar-refractivity contribution >= 4 is 5.90 Å². The van der Waals surface area contributed by atoms with Crippen LogP contribution in [0.15, 0.2) is 47.5 Å². The van der Waals surface area contributed by atoms with Gasteiger partial charge in [-0.25, -0.2) is 4.99 Å². The average molecular weight is 448 g/mol. The summed E-state index contributed by atoms with van der Waals surface area (Å²) in [5.74, 6) is 2.56. The first-order valence-electron chi connectivity index (χ1n) is 12.9. The predicted octanol–water partition coefficient (Wildman–Crippen LogP) is 8.82. The fourth-order valence-corrected chi connectivity index (χ4v) is 4.65. The smallest absolute Gasteiger partial charge is 0.187 e. The summed E-state index contributed by atoms with van der Waals surface area (Å²) < 4.78 is 6.85. The van der Waals surface area contributed by atoms with E-state index in [2.05, 4.69) is 112 Å². The van der Waals surface area contributed by atoms with Crippen LogP contribution in [-0.4, -0.2) is 11.9 Å². The van der Waals surface area contributed by atoms with Crippen molar-refractivity contribution < 1.29 is 4.74 Å². The molecule has 0 saturated heterocycles. The van der Waals surface area contributed by atoms with Crippen molar-refractivity contribution in [2.75, 3.05) is 0 Å². The molecule has 0 fully saturated rings. The third-order valence-electron chi connectivity index (χ3n) is 7.31. The second-order valence-corrected chi connectivity index (χ2v) is 11.9. The van der Waals surface area contributed by atoms with Crippen molar-refractivity contribution in [3.05, 3.63) is 70.3 Å². The molecule has 3 atom stereocenters.